The van der Waals surface area contributed by atoms with Gasteiger partial charge in [0.05, 0.1) is 6.61 Å². The Morgan fingerprint density at radius 3 is 2.76 bits per heavy atom. The Labute approximate surface area is 96.0 Å². The third-order valence-electron chi connectivity index (χ3n) is 2.06. The molecule has 0 saturated heterocycles. The number of rotatable bonds is 4. The zero-order valence-corrected chi connectivity index (χ0v) is 9.16. The highest BCUT2D eigenvalue weighted by Gasteiger charge is 2.29. The molecule has 0 spiro atoms. The first-order chi connectivity index (χ1) is 7.83. The van der Waals surface area contributed by atoms with Crippen LogP contribution >= 0.6 is 0 Å². The number of carbonyl (C=O) groups excluding carboxylic acids is 1. The summed E-state index contributed by atoms with van der Waals surface area (Å²) in [4.78, 5) is 11.6. The molecular weight excluding hydrogens is 237 g/mol. The Hall–Kier alpha value is -1.50. The van der Waals surface area contributed by atoms with Crippen molar-refractivity contribution in [2.45, 2.75) is 25.7 Å². The molecule has 0 saturated carbocycles. The minimum atomic E-state index is -4.38. The lowest BCUT2D eigenvalue weighted by Gasteiger charge is -2.14. The summed E-state index contributed by atoms with van der Waals surface area (Å²) in [7, 11) is 0. The van der Waals surface area contributed by atoms with Crippen LogP contribution in [-0.2, 0) is 6.54 Å². The maximum absolute atomic E-state index is 12.2. The topological polar surface area (TPSA) is 54.3 Å². The number of carbonyl (C=O) groups is 1. The van der Waals surface area contributed by atoms with E-state index < -0.39 is 24.7 Å². The van der Waals surface area contributed by atoms with Crippen molar-refractivity contribution >= 4 is 5.91 Å². The highest BCUT2D eigenvalue weighted by molar-refractivity contribution is 5.92. The molecule has 0 aliphatic carbocycles. The van der Waals surface area contributed by atoms with Gasteiger partial charge in [-0.3, -0.25) is 4.79 Å². The van der Waals surface area contributed by atoms with Crippen molar-refractivity contribution in [3.05, 3.63) is 24.0 Å². The predicted octanol–water partition coefficient (Wildman–Crippen LogP) is 1.16. The van der Waals surface area contributed by atoms with Gasteiger partial charge in [0.25, 0.3) is 5.91 Å². The summed E-state index contributed by atoms with van der Waals surface area (Å²) in [6.07, 6.45) is -3.19. The maximum Gasteiger partial charge on any atom is 0.406 e. The van der Waals surface area contributed by atoms with E-state index in [0.29, 0.717) is 0 Å². The zero-order chi connectivity index (χ0) is 13.1. The van der Waals surface area contributed by atoms with Crippen LogP contribution in [0.5, 0.6) is 0 Å². The van der Waals surface area contributed by atoms with E-state index in [-0.39, 0.29) is 12.3 Å². The van der Waals surface area contributed by atoms with E-state index in [0.717, 1.165) is 4.57 Å². The summed E-state index contributed by atoms with van der Waals surface area (Å²) < 4.78 is 37.4. The van der Waals surface area contributed by atoms with E-state index in [1.807, 2.05) is 0 Å². The Kier molecular flexibility index (Phi) is 4.17. The third-order valence-corrected chi connectivity index (χ3v) is 2.06. The molecule has 17 heavy (non-hydrogen) atoms. The molecule has 1 aromatic heterocycles. The molecule has 1 heterocycles. The molecule has 1 rings (SSSR count). The van der Waals surface area contributed by atoms with E-state index >= 15 is 0 Å². The Bertz CT molecular complexity index is 387. The van der Waals surface area contributed by atoms with E-state index in [1.165, 1.54) is 18.3 Å². The number of hydrogen-bond donors (Lipinski definition) is 2. The molecular formula is C10H13F3N2O2. The average Bonchev–Trinajstić information content (AvgIpc) is 2.62. The number of nitrogens with zero attached hydrogens (tertiary/aromatic N) is 1. The normalized spacial score (nSPS) is 13.5. The number of aliphatic hydroxyl groups is 1. The van der Waals surface area contributed by atoms with Crippen LogP contribution in [0.3, 0.4) is 0 Å². The summed E-state index contributed by atoms with van der Waals surface area (Å²) in [5.41, 5.74) is -0.0809. The van der Waals surface area contributed by atoms with Crippen molar-refractivity contribution < 1.29 is 23.1 Å². The molecule has 4 nitrogen and oxygen atoms in total. The standard InChI is InChI=1S/C10H13F3N2O2/c1-7(5-16)14-9(17)8-3-2-4-15(8)6-10(11,12)13/h2-4,7,16H,5-6H2,1H3,(H,14,17)/t7-/m0/s1. The first-order valence-electron chi connectivity index (χ1n) is 4.97. The van der Waals surface area contributed by atoms with Crippen molar-refractivity contribution in [2.24, 2.45) is 0 Å². The molecule has 0 unspecified atom stereocenters. The van der Waals surface area contributed by atoms with E-state index in [2.05, 4.69) is 5.32 Å². The molecule has 0 bridgehead atoms. The Balaban J connectivity index is 2.78. The van der Waals surface area contributed by atoms with E-state index in [1.54, 1.807) is 6.92 Å². The molecule has 0 fully saturated rings. The van der Waals surface area contributed by atoms with Crippen LogP contribution < -0.4 is 5.32 Å². The number of amides is 1. The molecule has 2 N–H and O–H groups in total. The van der Waals surface area contributed by atoms with Gasteiger partial charge in [0.15, 0.2) is 0 Å². The van der Waals surface area contributed by atoms with Crippen LogP contribution in [0, 0.1) is 0 Å². The minimum Gasteiger partial charge on any atom is -0.394 e. The van der Waals surface area contributed by atoms with Gasteiger partial charge in [0, 0.05) is 12.2 Å². The fraction of sp³-hybridized carbons (Fsp3) is 0.500. The largest absolute Gasteiger partial charge is 0.406 e. The summed E-state index contributed by atoms with van der Waals surface area (Å²) in [6, 6.07) is 2.16. The number of nitrogens with one attached hydrogen (secondary N) is 1. The monoisotopic (exact) mass is 250 g/mol. The van der Waals surface area contributed by atoms with Gasteiger partial charge in [-0.1, -0.05) is 0 Å². The first-order valence-corrected chi connectivity index (χ1v) is 4.97. The summed E-state index contributed by atoms with van der Waals surface area (Å²) in [6.45, 7) is 0.0664. The van der Waals surface area contributed by atoms with Crippen molar-refractivity contribution in [3.63, 3.8) is 0 Å². The van der Waals surface area contributed by atoms with Gasteiger partial charge < -0.3 is 15.0 Å². The Morgan fingerprint density at radius 2 is 2.24 bits per heavy atom. The van der Waals surface area contributed by atoms with Crippen LogP contribution in [0.1, 0.15) is 17.4 Å². The van der Waals surface area contributed by atoms with Crippen LogP contribution in [0.4, 0.5) is 13.2 Å². The van der Waals surface area contributed by atoms with Crippen molar-refractivity contribution in [1.82, 2.24) is 9.88 Å². The van der Waals surface area contributed by atoms with Gasteiger partial charge in [-0.15, -0.1) is 0 Å². The number of hydrogen-bond acceptors (Lipinski definition) is 2. The summed E-state index contributed by atoms with van der Waals surface area (Å²) in [5, 5.41) is 11.1. The van der Waals surface area contributed by atoms with Crippen molar-refractivity contribution in [2.75, 3.05) is 6.61 Å². The number of halogens is 3. The van der Waals surface area contributed by atoms with Gasteiger partial charge in [-0.2, -0.15) is 13.2 Å². The predicted molar refractivity (Wildman–Crippen MR) is 54.5 cm³/mol. The zero-order valence-electron chi connectivity index (χ0n) is 9.16. The van der Waals surface area contributed by atoms with E-state index in [4.69, 9.17) is 5.11 Å². The van der Waals surface area contributed by atoms with Gasteiger partial charge in [0.1, 0.15) is 12.2 Å². The van der Waals surface area contributed by atoms with Gasteiger partial charge in [-0.25, -0.2) is 0 Å². The lowest BCUT2D eigenvalue weighted by molar-refractivity contribution is -0.140. The fourth-order valence-corrected chi connectivity index (χ4v) is 1.29. The molecule has 0 aliphatic heterocycles. The van der Waals surface area contributed by atoms with Gasteiger partial charge in [0.2, 0.25) is 0 Å². The quantitative estimate of drug-likeness (QED) is 0.842. The van der Waals surface area contributed by atoms with Gasteiger partial charge in [-0.05, 0) is 19.1 Å². The van der Waals surface area contributed by atoms with Crippen LogP contribution in [0.15, 0.2) is 18.3 Å². The minimum absolute atomic E-state index is 0.0809. The number of aromatic nitrogens is 1. The van der Waals surface area contributed by atoms with Crippen LogP contribution in [-0.4, -0.2) is 34.4 Å². The molecule has 1 atom stereocenters. The molecule has 0 radical (unpaired) electrons. The van der Waals surface area contributed by atoms with Crippen molar-refractivity contribution in [1.29, 1.82) is 0 Å². The van der Waals surface area contributed by atoms with Gasteiger partial charge >= 0.3 is 6.18 Å². The Morgan fingerprint density at radius 1 is 1.59 bits per heavy atom. The lowest BCUT2D eigenvalue weighted by atomic mass is 10.3. The second-order valence-electron chi connectivity index (χ2n) is 3.69. The molecule has 7 heteroatoms. The summed E-state index contributed by atoms with van der Waals surface area (Å²) in [5.74, 6) is -0.638. The van der Waals surface area contributed by atoms with Crippen LogP contribution in [0.2, 0.25) is 0 Å². The fourth-order valence-electron chi connectivity index (χ4n) is 1.29. The third kappa shape index (κ3) is 4.10. The van der Waals surface area contributed by atoms with E-state index in [9.17, 15) is 18.0 Å². The SMILES string of the molecule is C[C@@H](CO)NC(=O)c1cccn1CC(F)(F)F. The molecule has 96 valence electrons. The van der Waals surface area contributed by atoms with Crippen molar-refractivity contribution in [3.8, 4) is 0 Å². The number of aliphatic hydroxyl groups excluding tert-OH is 1. The average molecular weight is 250 g/mol. The highest BCUT2D eigenvalue weighted by atomic mass is 19.4. The summed E-state index contributed by atoms with van der Waals surface area (Å²) >= 11 is 0. The highest BCUT2D eigenvalue weighted by Crippen LogP contribution is 2.19. The van der Waals surface area contributed by atoms with Crippen LogP contribution in [0.25, 0.3) is 0 Å². The second kappa shape index (κ2) is 5.22. The second-order valence-corrected chi connectivity index (χ2v) is 3.69. The molecule has 1 aromatic rings. The smallest absolute Gasteiger partial charge is 0.394 e. The molecule has 1 amide bonds. The lowest BCUT2D eigenvalue weighted by Crippen LogP contribution is -2.36. The maximum atomic E-state index is 12.2. The number of alkyl halides is 3. The first kappa shape index (κ1) is 13.6. The molecule has 0 aromatic carbocycles. The molecule has 0 aliphatic rings.